The van der Waals surface area contributed by atoms with Crippen LogP contribution in [0.25, 0.3) is 0 Å². The third kappa shape index (κ3) is 2.94. The van der Waals surface area contributed by atoms with Crippen molar-refractivity contribution in [1.82, 2.24) is 4.90 Å². The Morgan fingerprint density at radius 1 is 0.871 bits per heavy atom. The van der Waals surface area contributed by atoms with Crippen LogP contribution in [0.2, 0.25) is 0 Å². The van der Waals surface area contributed by atoms with Crippen molar-refractivity contribution in [2.45, 2.75) is 31.8 Å². The summed E-state index contributed by atoms with van der Waals surface area (Å²) in [7, 11) is 0. The third-order valence-electron chi connectivity index (χ3n) is 6.15. The molecule has 31 heavy (non-hydrogen) atoms. The van der Waals surface area contributed by atoms with Crippen molar-refractivity contribution in [2.24, 2.45) is 10.9 Å². The van der Waals surface area contributed by atoms with E-state index in [-0.39, 0.29) is 17.0 Å². The molecule has 0 spiro atoms. The number of amides is 3. The molecule has 0 bridgehead atoms. The Morgan fingerprint density at radius 3 is 2.06 bits per heavy atom. The first kappa shape index (κ1) is 19.2. The van der Waals surface area contributed by atoms with E-state index in [0.717, 1.165) is 47.2 Å². The number of nitrogens with zero attached hydrogens (tertiary/aromatic N) is 3. The molecule has 1 aliphatic carbocycles. The van der Waals surface area contributed by atoms with Gasteiger partial charge in [-0.15, -0.1) is 0 Å². The predicted molar refractivity (Wildman–Crippen MR) is 113 cm³/mol. The highest BCUT2D eigenvalue weighted by Gasteiger charge is 2.46. The quantitative estimate of drug-likeness (QED) is 0.572. The number of benzodiazepines with no additional fused rings is 1. The number of aliphatic imine (C=N–C) groups is 1. The molecule has 0 saturated heterocycles. The van der Waals surface area contributed by atoms with Gasteiger partial charge in [0.2, 0.25) is 6.17 Å². The molecular weight excluding hydrogens is 394 g/mol. The molecule has 0 N–H and O–H groups in total. The summed E-state index contributed by atoms with van der Waals surface area (Å²) < 4.78 is 0. The van der Waals surface area contributed by atoms with Gasteiger partial charge in [0.15, 0.2) is 0 Å². The van der Waals surface area contributed by atoms with Gasteiger partial charge in [-0.2, -0.15) is 0 Å². The lowest BCUT2D eigenvalue weighted by molar-refractivity contribution is -0.121. The summed E-state index contributed by atoms with van der Waals surface area (Å²) in [6.45, 7) is 0. The van der Waals surface area contributed by atoms with E-state index in [1.54, 1.807) is 42.3 Å². The second-order valence-electron chi connectivity index (χ2n) is 7.87. The van der Waals surface area contributed by atoms with Crippen molar-refractivity contribution in [1.29, 1.82) is 0 Å². The Labute approximate surface area is 178 Å². The summed E-state index contributed by atoms with van der Waals surface area (Å²) in [6, 6.07) is 13.7. The van der Waals surface area contributed by atoms with Crippen LogP contribution in [0.4, 0.5) is 5.69 Å². The molecule has 2 heterocycles. The van der Waals surface area contributed by atoms with Crippen LogP contribution >= 0.6 is 0 Å². The van der Waals surface area contributed by atoms with Crippen molar-refractivity contribution in [3.8, 4) is 0 Å². The van der Waals surface area contributed by atoms with Gasteiger partial charge in [-0.25, -0.2) is 9.69 Å². The van der Waals surface area contributed by atoms with E-state index < -0.39 is 23.9 Å². The Hall–Kier alpha value is -3.83. The number of hydrogen-bond donors (Lipinski definition) is 0. The van der Waals surface area contributed by atoms with Crippen molar-refractivity contribution in [3.05, 3.63) is 71.4 Å². The molecule has 3 amide bonds. The van der Waals surface area contributed by atoms with Gasteiger partial charge in [0.1, 0.15) is 5.94 Å². The van der Waals surface area contributed by atoms with E-state index in [4.69, 9.17) is 4.99 Å². The molecular formula is C24H19N3O4. The normalized spacial score (nSPS) is 20.8. The minimum Gasteiger partial charge on any atom is -0.273 e. The van der Waals surface area contributed by atoms with Crippen molar-refractivity contribution in [2.75, 3.05) is 4.90 Å². The maximum Gasteiger partial charge on any atom is 0.277 e. The maximum atomic E-state index is 13.6. The highest BCUT2D eigenvalue weighted by Crippen LogP contribution is 2.36. The fraction of sp³-hybridized carbons (Fsp3) is 0.250. The number of anilines is 1. The van der Waals surface area contributed by atoms with Crippen molar-refractivity contribution < 1.29 is 19.2 Å². The first-order valence-corrected chi connectivity index (χ1v) is 10.3. The van der Waals surface area contributed by atoms with Crippen LogP contribution in [0.15, 0.2) is 59.7 Å². The van der Waals surface area contributed by atoms with Crippen LogP contribution < -0.4 is 4.90 Å². The van der Waals surface area contributed by atoms with Crippen molar-refractivity contribution >= 4 is 35.1 Å². The lowest BCUT2D eigenvalue weighted by Gasteiger charge is -2.25. The Balaban J connectivity index is 1.69. The van der Waals surface area contributed by atoms with Gasteiger partial charge in [0.25, 0.3) is 17.7 Å². The molecule has 3 aliphatic rings. The maximum absolute atomic E-state index is 13.6. The number of fused-ring (bicyclic) bond motifs is 2. The number of carbonyl (C=O) groups excluding carboxylic acids is 4. The number of rotatable bonds is 3. The summed E-state index contributed by atoms with van der Waals surface area (Å²) in [5.41, 5.74) is 2.42. The van der Waals surface area contributed by atoms with Gasteiger partial charge in [-0.05, 0) is 31.0 Å². The summed E-state index contributed by atoms with van der Waals surface area (Å²) >= 11 is 0. The van der Waals surface area contributed by atoms with Crippen LogP contribution in [0.3, 0.4) is 0 Å². The van der Waals surface area contributed by atoms with Gasteiger partial charge in [-0.1, -0.05) is 43.2 Å². The van der Waals surface area contributed by atoms with E-state index in [0.29, 0.717) is 11.4 Å². The zero-order chi connectivity index (χ0) is 21.5. The van der Waals surface area contributed by atoms with Gasteiger partial charge >= 0.3 is 0 Å². The van der Waals surface area contributed by atoms with Crippen LogP contribution in [-0.2, 0) is 9.59 Å². The van der Waals surface area contributed by atoms with Crippen molar-refractivity contribution in [3.63, 3.8) is 0 Å². The number of carbonyl (C=O) groups is 3. The average Bonchev–Trinajstić information content (AvgIpc) is 3.38. The zero-order valence-electron chi connectivity index (χ0n) is 16.7. The Kier molecular flexibility index (Phi) is 4.60. The van der Waals surface area contributed by atoms with Gasteiger partial charge < -0.3 is 0 Å². The molecule has 0 aromatic heterocycles. The van der Waals surface area contributed by atoms with E-state index >= 15 is 0 Å². The minimum atomic E-state index is -1.39. The molecule has 0 radical (unpaired) electrons. The zero-order valence-corrected chi connectivity index (χ0v) is 16.7. The van der Waals surface area contributed by atoms with Gasteiger partial charge in [-0.3, -0.25) is 24.3 Å². The van der Waals surface area contributed by atoms with Crippen LogP contribution in [0.1, 0.15) is 52.0 Å². The first-order chi connectivity index (χ1) is 15.1. The van der Waals surface area contributed by atoms with E-state index in [1.807, 2.05) is 12.1 Å². The van der Waals surface area contributed by atoms with Gasteiger partial charge in [0.05, 0.1) is 28.7 Å². The van der Waals surface area contributed by atoms with Crippen LogP contribution in [0, 0.1) is 5.92 Å². The highest BCUT2D eigenvalue weighted by atomic mass is 16.2. The van der Waals surface area contributed by atoms with Crippen LogP contribution in [-0.4, -0.2) is 40.4 Å². The molecule has 2 aromatic rings. The topological polar surface area (TPSA) is 87.1 Å². The summed E-state index contributed by atoms with van der Waals surface area (Å²) in [4.78, 5) is 57.8. The largest absolute Gasteiger partial charge is 0.277 e. The summed E-state index contributed by atoms with van der Waals surface area (Å²) in [5, 5.41) is 0. The van der Waals surface area contributed by atoms with E-state index in [2.05, 4.69) is 0 Å². The summed E-state index contributed by atoms with van der Waals surface area (Å²) in [5.74, 6) is 0.0180. The van der Waals surface area contributed by atoms with E-state index in [9.17, 15) is 19.2 Å². The number of para-hydroxylation sites is 1. The molecule has 2 aliphatic heterocycles. The minimum absolute atomic E-state index is 0.117. The van der Waals surface area contributed by atoms with E-state index in [1.165, 1.54) is 0 Å². The standard InChI is InChI=1S/C24H19N3O4/c28-14-13-26-19-12-6-5-11-18(19)20(15-7-1-2-8-15)25-21(24(26)31)27-22(29)16-9-3-4-10-17(16)23(27)30/h3-6,9-13,15,21H,1-2,7-8H2. The summed E-state index contributed by atoms with van der Waals surface area (Å²) in [6.07, 6.45) is 3.55. The fourth-order valence-electron chi connectivity index (χ4n) is 4.71. The van der Waals surface area contributed by atoms with Gasteiger partial charge in [0, 0.05) is 11.5 Å². The molecule has 154 valence electrons. The monoisotopic (exact) mass is 413 g/mol. The predicted octanol–water partition coefficient (Wildman–Crippen LogP) is 2.98. The number of imide groups is 1. The molecule has 7 heteroatoms. The fourth-order valence-corrected chi connectivity index (χ4v) is 4.71. The lowest BCUT2D eigenvalue weighted by atomic mass is 9.94. The smallest absolute Gasteiger partial charge is 0.273 e. The molecule has 1 unspecified atom stereocenters. The lowest BCUT2D eigenvalue weighted by Crippen LogP contribution is -2.48. The molecule has 1 fully saturated rings. The third-order valence-corrected chi connectivity index (χ3v) is 6.15. The molecule has 5 rings (SSSR count). The second-order valence-corrected chi connectivity index (χ2v) is 7.87. The second kappa shape index (κ2) is 7.45. The number of hydrogen-bond acceptors (Lipinski definition) is 5. The Morgan fingerprint density at radius 2 is 1.45 bits per heavy atom. The molecule has 7 nitrogen and oxygen atoms in total. The SMILES string of the molecule is O=C=CN1C(=O)C(N2C(=O)c3ccccc3C2=O)N=C(C2CCCC2)c2ccccc21. The Bertz CT molecular complexity index is 1150. The average molecular weight is 413 g/mol. The van der Waals surface area contributed by atoms with Crippen LogP contribution in [0.5, 0.6) is 0 Å². The number of benzene rings is 2. The molecule has 1 atom stereocenters. The first-order valence-electron chi connectivity index (χ1n) is 10.3. The molecule has 2 aromatic carbocycles. The molecule has 1 saturated carbocycles. The highest BCUT2D eigenvalue weighted by molar-refractivity contribution is 6.24.